The molecule has 0 aliphatic carbocycles. The Morgan fingerprint density at radius 1 is 1.00 bits per heavy atom. The van der Waals surface area contributed by atoms with Gasteiger partial charge < -0.3 is 24.8 Å². The number of thiocarbonyl (C=S) groups is 1. The van der Waals surface area contributed by atoms with Crippen molar-refractivity contribution in [1.82, 2.24) is 0 Å². The van der Waals surface area contributed by atoms with Gasteiger partial charge in [0.15, 0.2) is 16.6 Å². The van der Waals surface area contributed by atoms with Crippen LogP contribution in [-0.2, 0) is 11.2 Å². The average molecular weight is 457 g/mol. The van der Waals surface area contributed by atoms with Crippen LogP contribution in [0, 0.1) is 0 Å². The first-order chi connectivity index (χ1) is 15.0. The van der Waals surface area contributed by atoms with Crippen molar-refractivity contribution in [1.29, 1.82) is 0 Å². The van der Waals surface area contributed by atoms with Gasteiger partial charge in [0.05, 0.1) is 26.4 Å². The molecule has 0 aliphatic rings. The minimum Gasteiger partial charge on any atom is -0.493 e. The van der Waals surface area contributed by atoms with Crippen molar-refractivity contribution in [2.45, 2.75) is 13.3 Å². The molecule has 1 heterocycles. The van der Waals surface area contributed by atoms with Gasteiger partial charge in [-0.3, -0.25) is 0 Å². The Hall–Kier alpha value is -3.10. The summed E-state index contributed by atoms with van der Waals surface area (Å²) in [7, 11) is 3.15. The number of carbonyl (C=O) groups is 1. The monoisotopic (exact) mass is 456 g/mol. The van der Waals surface area contributed by atoms with Gasteiger partial charge in [-0.15, -0.1) is 11.3 Å². The highest BCUT2D eigenvalue weighted by Gasteiger charge is 2.18. The largest absolute Gasteiger partial charge is 0.493 e. The lowest BCUT2D eigenvalue weighted by Crippen LogP contribution is -2.20. The molecule has 2 aromatic carbocycles. The maximum Gasteiger partial charge on any atom is 0.341 e. The number of esters is 1. The van der Waals surface area contributed by atoms with E-state index in [0.717, 1.165) is 22.5 Å². The maximum atomic E-state index is 12.5. The van der Waals surface area contributed by atoms with Crippen LogP contribution in [0.25, 0.3) is 0 Å². The Labute approximate surface area is 191 Å². The third-order valence-electron chi connectivity index (χ3n) is 4.37. The lowest BCUT2D eigenvalue weighted by molar-refractivity contribution is 0.0528. The normalized spacial score (nSPS) is 10.3. The summed E-state index contributed by atoms with van der Waals surface area (Å²) in [5.74, 6) is 0.832. The Morgan fingerprint density at radius 3 is 2.42 bits per heavy atom. The van der Waals surface area contributed by atoms with Crippen LogP contribution >= 0.6 is 23.6 Å². The zero-order valence-electron chi connectivity index (χ0n) is 17.6. The number of carbonyl (C=O) groups excluding carboxylic acids is 1. The molecule has 0 fully saturated rings. The summed E-state index contributed by atoms with van der Waals surface area (Å²) >= 11 is 6.95. The fraction of sp³-hybridized carbons (Fsp3) is 0.217. The van der Waals surface area contributed by atoms with E-state index in [1.807, 2.05) is 30.3 Å². The van der Waals surface area contributed by atoms with Crippen LogP contribution in [0.4, 0.5) is 10.7 Å². The minimum atomic E-state index is -0.380. The molecule has 0 unspecified atom stereocenters. The number of ether oxygens (including phenoxy) is 3. The molecule has 162 valence electrons. The van der Waals surface area contributed by atoms with E-state index in [1.165, 1.54) is 11.3 Å². The summed E-state index contributed by atoms with van der Waals surface area (Å²) in [6.45, 7) is 2.09. The van der Waals surface area contributed by atoms with Crippen LogP contribution in [0.2, 0.25) is 0 Å². The van der Waals surface area contributed by atoms with Crippen molar-refractivity contribution in [3.05, 3.63) is 70.6 Å². The Balaban J connectivity index is 1.78. The van der Waals surface area contributed by atoms with Gasteiger partial charge in [-0.05, 0) is 42.9 Å². The van der Waals surface area contributed by atoms with Crippen molar-refractivity contribution in [3.8, 4) is 11.5 Å². The van der Waals surface area contributed by atoms with Gasteiger partial charge in [0, 0.05) is 23.1 Å². The smallest absolute Gasteiger partial charge is 0.341 e. The van der Waals surface area contributed by atoms with E-state index in [4.69, 9.17) is 26.4 Å². The number of methoxy groups -OCH3 is 2. The topological polar surface area (TPSA) is 68.8 Å². The summed E-state index contributed by atoms with van der Waals surface area (Å²) < 4.78 is 15.8. The highest BCUT2D eigenvalue weighted by molar-refractivity contribution is 7.80. The number of hydrogen-bond acceptors (Lipinski definition) is 6. The first-order valence-corrected chi connectivity index (χ1v) is 10.9. The predicted octanol–water partition coefficient (Wildman–Crippen LogP) is 5.34. The third kappa shape index (κ3) is 5.96. The van der Waals surface area contributed by atoms with Crippen molar-refractivity contribution in [2.75, 3.05) is 31.5 Å². The highest BCUT2D eigenvalue weighted by Crippen LogP contribution is 2.32. The molecule has 0 spiro atoms. The Kier molecular flexibility index (Phi) is 7.86. The van der Waals surface area contributed by atoms with E-state index in [0.29, 0.717) is 33.8 Å². The fourth-order valence-corrected chi connectivity index (χ4v) is 4.33. The fourth-order valence-electron chi connectivity index (χ4n) is 2.96. The van der Waals surface area contributed by atoms with Crippen molar-refractivity contribution in [2.24, 2.45) is 0 Å². The number of nitrogens with one attached hydrogen (secondary N) is 2. The van der Waals surface area contributed by atoms with Gasteiger partial charge in [-0.2, -0.15) is 0 Å². The van der Waals surface area contributed by atoms with Gasteiger partial charge in [-0.1, -0.05) is 30.3 Å². The molecule has 3 rings (SSSR count). The van der Waals surface area contributed by atoms with Gasteiger partial charge in [-0.25, -0.2) is 4.79 Å². The standard InChI is InChI=1S/C23H24N2O4S2/c1-4-29-22(26)18-14-17(12-15-8-6-5-7-9-15)31-21(18)25-23(30)24-16-10-11-19(27-2)20(13-16)28-3/h5-11,13-14H,4,12H2,1-3H3,(H2,24,25,30). The van der Waals surface area contributed by atoms with E-state index >= 15 is 0 Å². The molecule has 0 saturated heterocycles. The molecular weight excluding hydrogens is 432 g/mol. The number of thiophene rings is 1. The summed E-state index contributed by atoms with van der Waals surface area (Å²) in [5.41, 5.74) is 2.36. The van der Waals surface area contributed by atoms with Crippen molar-refractivity contribution < 1.29 is 19.0 Å². The van der Waals surface area contributed by atoms with Gasteiger partial charge >= 0.3 is 5.97 Å². The van der Waals surface area contributed by atoms with Crippen LogP contribution < -0.4 is 20.1 Å². The molecule has 0 radical (unpaired) electrons. The molecule has 0 saturated carbocycles. The third-order valence-corrected chi connectivity index (χ3v) is 5.62. The first-order valence-electron chi connectivity index (χ1n) is 9.67. The second-order valence-electron chi connectivity index (χ2n) is 6.49. The lowest BCUT2D eigenvalue weighted by Gasteiger charge is -2.13. The molecule has 6 nitrogen and oxygen atoms in total. The van der Waals surface area contributed by atoms with E-state index in [1.54, 1.807) is 33.3 Å². The molecule has 2 N–H and O–H groups in total. The Morgan fingerprint density at radius 2 is 1.74 bits per heavy atom. The van der Waals surface area contributed by atoms with Crippen LogP contribution in [0.5, 0.6) is 11.5 Å². The summed E-state index contributed by atoms with van der Waals surface area (Å²) in [5, 5.41) is 7.24. The molecular formula is C23H24N2O4S2. The van der Waals surface area contributed by atoms with E-state index in [2.05, 4.69) is 22.8 Å². The van der Waals surface area contributed by atoms with E-state index in [9.17, 15) is 4.79 Å². The molecule has 0 bridgehead atoms. The van der Waals surface area contributed by atoms with Gasteiger partial charge in [0.1, 0.15) is 5.00 Å². The molecule has 0 amide bonds. The molecule has 0 atom stereocenters. The maximum absolute atomic E-state index is 12.5. The van der Waals surface area contributed by atoms with Crippen molar-refractivity contribution in [3.63, 3.8) is 0 Å². The second kappa shape index (κ2) is 10.8. The van der Waals surface area contributed by atoms with Crippen molar-refractivity contribution >= 4 is 45.3 Å². The van der Waals surface area contributed by atoms with Crippen LogP contribution in [0.15, 0.2) is 54.6 Å². The van der Waals surface area contributed by atoms with E-state index in [-0.39, 0.29) is 5.97 Å². The van der Waals surface area contributed by atoms with Gasteiger partial charge in [0.25, 0.3) is 0 Å². The Bertz CT molecular complexity index is 1050. The predicted molar refractivity (Wildman–Crippen MR) is 129 cm³/mol. The molecule has 31 heavy (non-hydrogen) atoms. The van der Waals surface area contributed by atoms with Crippen LogP contribution in [0.3, 0.4) is 0 Å². The molecule has 3 aromatic rings. The SMILES string of the molecule is CCOC(=O)c1cc(Cc2ccccc2)sc1NC(=S)Nc1ccc(OC)c(OC)c1. The molecule has 8 heteroatoms. The highest BCUT2D eigenvalue weighted by atomic mass is 32.1. The average Bonchev–Trinajstić information content (AvgIpc) is 3.16. The first kappa shape index (κ1) is 22.6. The van der Waals surface area contributed by atoms with Crippen LogP contribution in [0.1, 0.15) is 27.7 Å². The zero-order valence-corrected chi connectivity index (χ0v) is 19.2. The lowest BCUT2D eigenvalue weighted by atomic mass is 10.1. The number of benzene rings is 2. The number of hydrogen-bond donors (Lipinski definition) is 2. The van der Waals surface area contributed by atoms with Gasteiger partial charge in [0.2, 0.25) is 0 Å². The summed E-state index contributed by atoms with van der Waals surface area (Å²) in [6.07, 6.45) is 0.718. The molecule has 0 aliphatic heterocycles. The van der Waals surface area contributed by atoms with Crippen LogP contribution in [-0.4, -0.2) is 31.9 Å². The second-order valence-corrected chi connectivity index (χ2v) is 8.03. The quantitative estimate of drug-likeness (QED) is 0.350. The zero-order chi connectivity index (χ0) is 22.2. The number of anilines is 2. The minimum absolute atomic E-state index is 0.302. The summed E-state index contributed by atoms with van der Waals surface area (Å²) in [4.78, 5) is 13.5. The number of rotatable bonds is 8. The summed E-state index contributed by atoms with van der Waals surface area (Å²) in [6, 6.07) is 17.3. The molecule has 1 aromatic heterocycles. The van der Waals surface area contributed by atoms with E-state index < -0.39 is 0 Å².